The Bertz CT molecular complexity index is 535. The molecule has 4 heteroatoms. The van der Waals surface area contributed by atoms with Gasteiger partial charge in [-0.05, 0) is 24.3 Å². The van der Waals surface area contributed by atoms with Crippen LogP contribution < -0.4 is 0 Å². The fourth-order valence-corrected chi connectivity index (χ4v) is 2.80. The summed E-state index contributed by atoms with van der Waals surface area (Å²) in [6, 6.07) is 8.14. The van der Waals surface area contributed by atoms with Crippen LogP contribution in [0, 0.1) is 5.92 Å². The summed E-state index contributed by atoms with van der Waals surface area (Å²) in [6.45, 7) is 0. The summed E-state index contributed by atoms with van der Waals surface area (Å²) in [4.78, 5) is 15.0. The second-order valence-electron chi connectivity index (χ2n) is 4.24. The van der Waals surface area contributed by atoms with E-state index < -0.39 is 0 Å². The minimum Gasteiger partial charge on any atom is -0.469 e. The van der Waals surface area contributed by atoms with Gasteiger partial charge in [0.05, 0.1) is 13.0 Å². The number of benzene rings is 1. The average Bonchev–Trinajstić information content (AvgIpc) is 2.81. The predicted molar refractivity (Wildman–Crippen MR) is 75.9 cm³/mol. The van der Waals surface area contributed by atoms with E-state index in [9.17, 15) is 4.79 Å². The zero-order valence-electron chi connectivity index (χ0n) is 10.6. The summed E-state index contributed by atoms with van der Waals surface area (Å²) < 4.78 is 4.86. The fraction of sp³-hybridized carbons (Fsp3) is 0.357. The molecule has 1 aromatic carbocycles. The number of rotatable bonds is 5. The Hall–Kier alpha value is -1.42. The highest BCUT2D eigenvalue weighted by Crippen LogP contribution is 2.22. The van der Waals surface area contributed by atoms with Gasteiger partial charge < -0.3 is 9.72 Å². The van der Waals surface area contributed by atoms with Crippen molar-refractivity contribution in [3.63, 3.8) is 0 Å². The van der Waals surface area contributed by atoms with Crippen LogP contribution in [0.1, 0.15) is 5.56 Å². The number of esters is 1. The maximum atomic E-state index is 11.7. The highest BCUT2D eigenvalue weighted by Gasteiger charge is 2.20. The standard InChI is InChI=1S/C14H17NO2S/c1-17-14(16)11(9-18-2)7-10-8-15-13-6-4-3-5-12(10)13/h3-6,8,11,15H,7,9H2,1-2H3/t11-/m1/s1. The Morgan fingerprint density at radius 1 is 1.44 bits per heavy atom. The number of methoxy groups -OCH3 is 1. The van der Waals surface area contributed by atoms with Gasteiger partial charge in [-0.25, -0.2) is 0 Å². The highest BCUT2D eigenvalue weighted by molar-refractivity contribution is 7.98. The molecule has 1 N–H and O–H groups in total. The monoisotopic (exact) mass is 263 g/mol. The van der Waals surface area contributed by atoms with E-state index in [1.54, 1.807) is 11.8 Å². The zero-order chi connectivity index (χ0) is 13.0. The van der Waals surface area contributed by atoms with Crippen LogP contribution in [0.15, 0.2) is 30.5 Å². The van der Waals surface area contributed by atoms with E-state index in [1.807, 2.05) is 30.7 Å². The summed E-state index contributed by atoms with van der Waals surface area (Å²) >= 11 is 1.67. The molecular formula is C14H17NO2S. The molecule has 0 aliphatic rings. The lowest BCUT2D eigenvalue weighted by Crippen LogP contribution is -2.20. The molecule has 0 saturated carbocycles. The number of para-hydroxylation sites is 1. The molecule has 2 aromatic rings. The number of ether oxygens (including phenoxy) is 1. The molecule has 96 valence electrons. The van der Waals surface area contributed by atoms with Crippen molar-refractivity contribution in [2.75, 3.05) is 19.1 Å². The van der Waals surface area contributed by atoms with Gasteiger partial charge in [0.1, 0.15) is 0 Å². The molecule has 1 heterocycles. The first kappa shape index (κ1) is 13.0. The van der Waals surface area contributed by atoms with Gasteiger partial charge in [-0.3, -0.25) is 4.79 Å². The lowest BCUT2D eigenvalue weighted by molar-refractivity contribution is -0.144. The number of hydrogen-bond acceptors (Lipinski definition) is 3. The molecule has 0 radical (unpaired) electrons. The van der Waals surface area contributed by atoms with Crippen molar-refractivity contribution in [2.24, 2.45) is 5.92 Å². The minimum absolute atomic E-state index is 0.0794. The number of H-pyrrole nitrogens is 1. The smallest absolute Gasteiger partial charge is 0.309 e. The fourth-order valence-electron chi connectivity index (χ4n) is 2.14. The number of thioether (sulfide) groups is 1. The van der Waals surface area contributed by atoms with Crippen LogP contribution in [0.5, 0.6) is 0 Å². The molecule has 0 saturated heterocycles. The Balaban J connectivity index is 2.23. The molecule has 0 spiro atoms. The summed E-state index contributed by atoms with van der Waals surface area (Å²) in [5, 5.41) is 1.19. The van der Waals surface area contributed by atoms with Crippen LogP contribution in [-0.2, 0) is 16.0 Å². The zero-order valence-corrected chi connectivity index (χ0v) is 11.4. The van der Waals surface area contributed by atoms with E-state index in [1.165, 1.54) is 18.1 Å². The summed E-state index contributed by atoms with van der Waals surface area (Å²) in [5.74, 6) is 0.574. The third kappa shape index (κ3) is 2.70. The van der Waals surface area contributed by atoms with Crippen LogP contribution >= 0.6 is 11.8 Å². The van der Waals surface area contributed by atoms with Gasteiger partial charge in [-0.1, -0.05) is 18.2 Å². The Labute approximate surface area is 111 Å². The van der Waals surface area contributed by atoms with Crippen LogP contribution in [-0.4, -0.2) is 30.1 Å². The second kappa shape index (κ2) is 5.96. The number of hydrogen-bond donors (Lipinski definition) is 1. The summed E-state index contributed by atoms with van der Waals surface area (Å²) in [5.41, 5.74) is 2.29. The van der Waals surface area contributed by atoms with Crippen molar-refractivity contribution in [1.82, 2.24) is 4.98 Å². The molecule has 1 atom stereocenters. The molecule has 1 aromatic heterocycles. The van der Waals surface area contributed by atoms with Crippen molar-refractivity contribution < 1.29 is 9.53 Å². The third-order valence-corrected chi connectivity index (χ3v) is 3.78. The van der Waals surface area contributed by atoms with E-state index >= 15 is 0 Å². The van der Waals surface area contributed by atoms with Gasteiger partial charge in [0.25, 0.3) is 0 Å². The van der Waals surface area contributed by atoms with Crippen LogP contribution in [0.4, 0.5) is 0 Å². The number of aromatic amines is 1. The molecule has 0 fully saturated rings. The predicted octanol–water partition coefficient (Wildman–Crippen LogP) is 2.86. The first-order valence-corrected chi connectivity index (χ1v) is 7.27. The van der Waals surface area contributed by atoms with E-state index in [0.717, 1.165) is 17.7 Å². The SMILES string of the molecule is COC(=O)[C@@H](CSC)Cc1c[nH]c2ccccc12. The quantitative estimate of drug-likeness (QED) is 0.843. The number of aromatic nitrogens is 1. The normalized spacial score (nSPS) is 12.6. The van der Waals surface area contributed by atoms with Gasteiger partial charge in [-0.15, -0.1) is 0 Å². The minimum atomic E-state index is -0.130. The van der Waals surface area contributed by atoms with Gasteiger partial charge in [0.2, 0.25) is 0 Å². The maximum absolute atomic E-state index is 11.7. The molecular weight excluding hydrogens is 246 g/mol. The molecule has 3 nitrogen and oxygen atoms in total. The van der Waals surface area contributed by atoms with Gasteiger partial charge in [0.15, 0.2) is 0 Å². The lowest BCUT2D eigenvalue weighted by Gasteiger charge is -2.12. The van der Waals surface area contributed by atoms with Crippen molar-refractivity contribution in [3.8, 4) is 0 Å². The first-order chi connectivity index (χ1) is 8.76. The largest absolute Gasteiger partial charge is 0.469 e. The van der Waals surface area contributed by atoms with Crippen LogP contribution in [0.3, 0.4) is 0 Å². The molecule has 0 aliphatic carbocycles. The van der Waals surface area contributed by atoms with Gasteiger partial charge >= 0.3 is 5.97 Å². The Kier molecular flexibility index (Phi) is 4.31. The lowest BCUT2D eigenvalue weighted by atomic mass is 10.0. The molecule has 0 aliphatic heterocycles. The van der Waals surface area contributed by atoms with Crippen molar-refractivity contribution in [3.05, 3.63) is 36.0 Å². The third-order valence-electron chi connectivity index (χ3n) is 3.04. The van der Waals surface area contributed by atoms with Gasteiger partial charge in [0, 0.05) is 22.9 Å². The van der Waals surface area contributed by atoms with E-state index in [-0.39, 0.29) is 11.9 Å². The highest BCUT2D eigenvalue weighted by atomic mass is 32.2. The molecule has 0 unspecified atom stereocenters. The average molecular weight is 263 g/mol. The molecule has 18 heavy (non-hydrogen) atoms. The summed E-state index contributed by atoms with van der Waals surface area (Å²) in [6.07, 6.45) is 4.71. The van der Waals surface area contributed by atoms with E-state index in [4.69, 9.17) is 4.74 Å². The number of nitrogens with one attached hydrogen (secondary N) is 1. The van der Waals surface area contributed by atoms with E-state index in [2.05, 4.69) is 11.1 Å². The Morgan fingerprint density at radius 2 is 2.22 bits per heavy atom. The second-order valence-corrected chi connectivity index (χ2v) is 5.15. The topological polar surface area (TPSA) is 42.1 Å². The number of carbonyl (C=O) groups is 1. The van der Waals surface area contributed by atoms with Crippen molar-refractivity contribution in [2.45, 2.75) is 6.42 Å². The Morgan fingerprint density at radius 3 is 2.94 bits per heavy atom. The van der Waals surface area contributed by atoms with E-state index in [0.29, 0.717) is 0 Å². The first-order valence-electron chi connectivity index (χ1n) is 5.88. The van der Waals surface area contributed by atoms with Crippen molar-refractivity contribution >= 4 is 28.6 Å². The molecule has 2 rings (SSSR count). The number of carbonyl (C=O) groups excluding carboxylic acids is 1. The molecule has 0 bridgehead atoms. The van der Waals surface area contributed by atoms with Crippen LogP contribution in [0.2, 0.25) is 0 Å². The number of fused-ring (bicyclic) bond motifs is 1. The summed E-state index contributed by atoms with van der Waals surface area (Å²) in [7, 11) is 1.45. The van der Waals surface area contributed by atoms with Crippen LogP contribution in [0.25, 0.3) is 10.9 Å². The maximum Gasteiger partial charge on any atom is 0.309 e. The van der Waals surface area contributed by atoms with Crippen molar-refractivity contribution in [1.29, 1.82) is 0 Å². The molecule has 0 amide bonds. The van der Waals surface area contributed by atoms with Gasteiger partial charge in [-0.2, -0.15) is 11.8 Å².